The molecule has 2 aromatic rings. The van der Waals surface area contributed by atoms with Gasteiger partial charge >= 0.3 is 0 Å². The molecule has 0 unspecified atom stereocenters. The number of ether oxygens (including phenoxy) is 2. The fourth-order valence-corrected chi connectivity index (χ4v) is 2.89. The maximum Gasteiger partial charge on any atom is 0.231 e. The molecule has 0 fully saturated rings. The summed E-state index contributed by atoms with van der Waals surface area (Å²) in [5.74, 6) is 2.03. The van der Waals surface area contributed by atoms with Crippen LogP contribution >= 0.6 is 27.5 Å². The van der Waals surface area contributed by atoms with Crippen molar-refractivity contribution in [1.29, 1.82) is 0 Å². The lowest BCUT2D eigenvalue weighted by molar-refractivity contribution is 0.111. The SMILES string of the molecule is Cc1nc(Br)c(C=O)n1Cc1cc2c(cc1Cl)OCO2. The Morgan fingerprint density at radius 1 is 1.45 bits per heavy atom. The van der Waals surface area contributed by atoms with E-state index in [1.165, 1.54) is 0 Å². The van der Waals surface area contributed by atoms with Crippen molar-refractivity contribution in [2.75, 3.05) is 6.79 Å². The molecule has 0 bridgehead atoms. The number of aldehydes is 1. The third-order valence-electron chi connectivity index (χ3n) is 3.13. The molecule has 0 radical (unpaired) electrons. The fourth-order valence-electron chi connectivity index (χ4n) is 2.11. The molecular weight excluding hydrogens is 348 g/mol. The standard InChI is InChI=1S/C13H10BrClN2O3/c1-7-16-13(14)10(5-18)17(7)4-8-2-11-12(3-9(8)15)20-6-19-11/h2-3,5H,4,6H2,1H3. The lowest BCUT2D eigenvalue weighted by Crippen LogP contribution is -2.06. The molecule has 0 saturated carbocycles. The maximum atomic E-state index is 11.2. The molecule has 5 nitrogen and oxygen atoms in total. The van der Waals surface area contributed by atoms with E-state index in [-0.39, 0.29) is 6.79 Å². The van der Waals surface area contributed by atoms with Gasteiger partial charge in [0.2, 0.25) is 6.79 Å². The molecule has 1 aromatic heterocycles. The molecule has 7 heteroatoms. The summed E-state index contributed by atoms with van der Waals surface area (Å²) in [4.78, 5) is 15.4. The summed E-state index contributed by atoms with van der Waals surface area (Å²) in [7, 11) is 0. The number of halogens is 2. The fraction of sp³-hybridized carbons (Fsp3) is 0.231. The summed E-state index contributed by atoms with van der Waals surface area (Å²) in [6.07, 6.45) is 0.769. The Morgan fingerprint density at radius 2 is 2.15 bits per heavy atom. The van der Waals surface area contributed by atoms with Gasteiger partial charge in [0.15, 0.2) is 17.8 Å². The zero-order chi connectivity index (χ0) is 14.3. The highest BCUT2D eigenvalue weighted by Crippen LogP contribution is 2.37. The second kappa shape index (κ2) is 5.10. The number of aromatic nitrogens is 2. The van der Waals surface area contributed by atoms with E-state index >= 15 is 0 Å². The van der Waals surface area contributed by atoms with Gasteiger partial charge in [-0.2, -0.15) is 0 Å². The molecule has 0 aliphatic carbocycles. The second-order valence-corrected chi connectivity index (χ2v) is 5.49. The first kappa shape index (κ1) is 13.5. The first-order valence-corrected chi connectivity index (χ1v) is 7.03. The highest BCUT2D eigenvalue weighted by molar-refractivity contribution is 9.10. The summed E-state index contributed by atoms with van der Waals surface area (Å²) >= 11 is 9.51. The minimum Gasteiger partial charge on any atom is -0.454 e. The van der Waals surface area contributed by atoms with Crippen molar-refractivity contribution < 1.29 is 14.3 Å². The van der Waals surface area contributed by atoms with Gasteiger partial charge in [0.25, 0.3) is 0 Å². The summed E-state index contributed by atoms with van der Waals surface area (Å²) < 4.78 is 12.9. The maximum absolute atomic E-state index is 11.2. The van der Waals surface area contributed by atoms with Crippen LogP contribution in [-0.4, -0.2) is 22.6 Å². The van der Waals surface area contributed by atoms with Gasteiger partial charge in [-0.3, -0.25) is 4.79 Å². The van der Waals surface area contributed by atoms with Gasteiger partial charge in [0, 0.05) is 11.1 Å². The summed E-state index contributed by atoms with van der Waals surface area (Å²) in [6, 6.07) is 3.55. The van der Waals surface area contributed by atoms with Crippen molar-refractivity contribution >= 4 is 33.8 Å². The van der Waals surface area contributed by atoms with Crippen LogP contribution in [0.3, 0.4) is 0 Å². The van der Waals surface area contributed by atoms with Crippen molar-refractivity contribution in [2.24, 2.45) is 0 Å². The molecule has 3 rings (SSSR count). The third-order valence-corrected chi connectivity index (χ3v) is 4.07. The zero-order valence-corrected chi connectivity index (χ0v) is 12.9. The van der Waals surface area contributed by atoms with Crippen LogP contribution in [0.2, 0.25) is 5.02 Å². The lowest BCUT2D eigenvalue weighted by Gasteiger charge is -2.10. The molecule has 104 valence electrons. The van der Waals surface area contributed by atoms with Crippen LogP contribution in [-0.2, 0) is 6.54 Å². The Balaban J connectivity index is 2.02. The number of hydrogen-bond donors (Lipinski definition) is 0. The van der Waals surface area contributed by atoms with Crippen LogP contribution in [0.25, 0.3) is 0 Å². The van der Waals surface area contributed by atoms with Gasteiger partial charge in [-0.15, -0.1) is 0 Å². The van der Waals surface area contributed by atoms with Gasteiger partial charge in [-0.05, 0) is 34.5 Å². The molecule has 0 saturated heterocycles. The molecule has 1 aliphatic rings. The van der Waals surface area contributed by atoms with Gasteiger partial charge < -0.3 is 14.0 Å². The second-order valence-electron chi connectivity index (χ2n) is 4.34. The summed E-state index contributed by atoms with van der Waals surface area (Å²) in [6.45, 7) is 2.47. The van der Waals surface area contributed by atoms with Crippen LogP contribution < -0.4 is 9.47 Å². The molecule has 1 aromatic carbocycles. The number of rotatable bonds is 3. The average molecular weight is 358 g/mol. The molecule has 0 spiro atoms. The van der Waals surface area contributed by atoms with Crippen LogP contribution in [0.1, 0.15) is 21.9 Å². The van der Waals surface area contributed by atoms with Crippen molar-refractivity contribution in [3.8, 4) is 11.5 Å². The average Bonchev–Trinajstić information content (AvgIpc) is 2.95. The van der Waals surface area contributed by atoms with Gasteiger partial charge in [0.1, 0.15) is 16.1 Å². The van der Waals surface area contributed by atoms with Gasteiger partial charge in [0.05, 0.1) is 6.54 Å². The molecule has 0 atom stereocenters. The minimum atomic E-state index is 0.199. The minimum absolute atomic E-state index is 0.199. The largest absolute Gasteiger partial charge is 0.454 e. The topological polar surface area (TPSA) is 53.4 Å². The Hall–Kier alpha value is -1.53. The van der Waals surface area contributed by atoms with E-state index in [2.05, 4.69) is 20.9 Å². The number of carbonyl (C=O) groups excluding carboxylic acids is 1. The Bertz CT molecular complexity index is 699. The van der Waals surface area contributed by atoms with Gasteiger partial charge in [-0.1, -0.05) is 11.6 Å². The predicted molar refractivity (Wildman–Crippen MR) is 76.7 cm³/mol. The van der Waals surface area contributed by atoms with E-state index in [9.17, 15) is 4.79 Å². The monoisotopic (exact) mass is 356 g/mol. The van der Waals surface area contributed by atoms with E-state index in [0.717, 1.165) is 17.7 Å². The first-order valence-electron chi connectivity index (χ1n) is 5.86. The van der Waals surface area contributed by atoms with Crippen LogP contribution in [0, 0.1) is 6.92 Å². The number of hydrogen-bond acceptors (Lipinski definition) is 4. The van der Waals surface area contributed by atoms with E-state index in [1.807, 2.05) is 13.0 Å². The Kier molecular flexibility index (Phi) is 3.43. The van der Waals surface area contributed by atoms with Gasteiger partial charge in [-0.25, -0.2) is 4.98 Å². The normalized spacial score (nSPS) is 12.8. The van der Waals surface area contributed by atoms with Crippen molar-refractivity contribution in [2.45, 2.75) is 13.5 Å². The first-order chi connectivity index (χ1) is 9.60. The number of aryl methyl sites for hydroxylation is 1. The van der Waals surface area contributed by atoms with Crippen LogP contribution in [0.15, 0.2) is 16.7 Å². The van der Waals surface area contributed by atoms with Crippen molar-refractivity contribution in [3.05, 3.63) is 38.8 Å². The van der Waals surface area contributed by atoms with E-state index < -0.39 is 0 Å². The molecule has 2 heterocycles. The lowest BCUT2D eigenvalue weighted by atomic mass is 10.2. The highest BCUT2D eigenvalue weighted by Gasteiger charge is 2.19. The van der Waals surface area contributed by atoms with Crippen LogP contribution in [0.4, 0.5) is 0 Å². The molecular formula is C13H10BrClN2O3. The molecule has 0 amide bonds. The smallest absolute Gasteiger partial charge is 0.231 e. The number of imidazole rings is 1. The Morgan fingerprint density at radius 3 is 2.85 bits per heavy atom. The van der Waals surface area contributed by atoms with Crippen LogP contribution in [0.5, 0.6) is 11.5 Å². The van der Waals surface area contributed by atoms with E-state index in [4.69, 9.17) is 21.1 Å². The van der Waals surface area contributed by atoms with E-state index in [1.54, 1.807) is 10.6 Å². The van der Waals surface area contributed by atoms with Crippen molar-refractivity contribution in [3.63, 3.8) is 0 Å². The number of nitrogens with zero attached hydrogens (tertiary/aromatic N) is 2. The Labute approximate surface area is 128 Å². The molecule has 0 N–H and O–H groups in total. The number of benzene rings is 1. The van der Waals surface area contributed by atoms with Crippen molar-refractivity contribution in [1.82, 2.24) is 9.55 Å². The molecule has 20 heavy (non-hydrogen) atoms. The summed E-state index contributed by atoms with van der Waals surface area (Å²) in [5.41, 5.74) is 1.32. The quantitative estimate of drug-likeness (QED) is 0.792. The third kappa shape index (κ3) is 2.19. The number of fused-ring (bicyclic) bond motifs is 1. The van der Waals surface area contributed by atoms with E-state index in [0.29, 0.717) is 33.4 Å². The number of carbonyl (C=O) groups is 1. The zero-order valence-electron chi connectivity index (χ0n) is 10.5. The summed E-state index contributed by atoms with van der Waals surface area (Å²) in [5, 5.41) is 0.565. The predicted octanol–water partition coefficient (Wildman–Crippen LogP) is 3.20. The molecule has 1 aliphatic heterocycles. The highest BCUT2D eigenvalue weighted by atomic mass is 79.9.